The van der Waals surface area contributed by atoms with Gasteiger partial charge in [0.2, 0.25) is 0 Å². The minimum Gasteiger partial charge on any atom is -0.347 e. The molecular weight excluding hydrogens is 356 g/mol. The summed E-state index contributed by atoms with van der Waals surface area (Å²) >= 11 is 0. The number of carbonyl (C=O) groups is 1. The third-order valence-electron chi connectivity index (χ3n) is 6.11. The molecule has 150 valence electrons. The number of nitrogens with zero attached hydrogens (tertiary/aromatic N) is 2. The van der Waals surface area contributed by atoms with Crippen molar-refractivity contribution in [2.24, 2.45) is 5.92 Å². The summed E-state index contributed by atoms with van der Waals surface area (Å²) in [6, 6.07) is 18.9. The molecule has 0 spiro atoms. The lowest BCUT2D eigenvalue weighted by Crippen LogP contribution is -2.34. The summed E-state index contributed by atoms with van der Waals surface area (Å²) in [5.74, 6) is 0.631. The molecule has 4 rings (SSSR count). The number of rotatable bonds is 7. The number of carbonyl (C=O) groups excluding carboxylic acids is 1. The second-order valence-corrected chi connectivity index (χ2v) is 7.98. The van der Waals surface area contributed by atoms with Crippen LogP contribution in [-0.2, 0) is 13.0 Å². The Morgan fingerprint density at radius 1 is 1.03 bits per heavy atom. The van der Waals surface area contributed by atoms with Crippen LogP contribution in [-0.4, -0.2) is 34.9 Å². The van der Waals surface area contributed by atoms with E-state index in [2.05, 4.69) is 58.9 Å². The fourth-order valence-corrected chi connectivity index (χ4v) is 4.32. The molecule has 0 unspecified atom stereocenters. The monoisotopic (exact) mass is 386 g/mol. The number of benzene rings is 2. The summed E-state index contributed by atoms with van der Waals surface area (Å²) in [5.41, 5.74) is 3.36. The van der Waals surface area contributed by atoms with Gasteiger partial charge in [-0.2, -0.15) is 0 Å². The van der Waals surface area contributed by atoms with Gasteiger partial charge in [0.05, 0.1) is 0 Å². The van der Waals surface area contributed by atoms with Crippen LogP contribution in [0.25, 0.3) is 10.9 Å². The number of piperidine rings is 1. The molecule has 2 aromatic carbocycles. The van der Waals surface area contributed by atoms with Crippen LogP contribution in [0.3, 0.4) is 0 Å². The van der Waals surface area contributed by atoms with E-state index in [-0.39, 0.29) is 5.78 Å². The van der Waals surface area contributed by atoms with Crippen molar-refractivity contribution in [3.05, 3.63) is 84.1 Å². The lowest BCUT2D eigenvalue weighted by Gasteiger charge is -2.30. The van der Waals surface area contributed by atoms with Crippen molar-refractivity contribution < 1.29 is 4.79 Å². The van der Waals surface area contributed by atoms with Crippen LogP contribution >= 0.6 is 0 Å². The fraction of sp³-hybridized carbons (Fsp3) is 0.346. The van der Waals surface area contributed by atoms with Crippen LogP contribution in [0.15, 0.2) is 72.9 Å². The molecular formula is C26H30N2O. The number of likely N-dealkylation sites (tertiary alicyclic amines) is 1. The molecule has 0 saturated carbocycles. The molecule has 1 aliphatic heterocycles. The Balaban J connectivity index is 1.32. The van der Waals surface area contributed by atoms with E-state index in [1.807, 2.05) is 30.5 Å². The van der Waals surface area contributed by atoms with E-state index in [0.717, 1.165) is 61.9 Å². The van der Waals surface area contributed by atoms with E-state index >= 15 is 0 Å². The summed E-state index contributed by atoms with van der Waals surface area (Å²) < 4.78 is 2.15. The number of hydrogen-bond donors (Lipinski definition) is 0. The van der Waals surface area contributed by atoms with E-state index in [0.29, 0.717) is 5.92 Å². The average molecular weight is 387 g/mol. The van der Waals surface area contributed by atoms with E-state index < -0.39 is 0 Å². The molecule has 3 nitrogen and oxygen atoms in total. The molecule has 0 amide bonds. The molecule has 3 aromatic rings. The van der Waals surface area contributed by atoms with E-state index in [1.165, 1.54) is 5.56 Å². The smallest absolute Gasteiger partial charge is 0.187 e. The third kappa shape index (κ3) is 4.68. The lowest BCUT2D eigenvalue weighted by molar-refractivity contribution is 0.104. The summed E-state index contributed by atoms with van der Waals surface area (Å²) in [6.07, 6.45) is 9.34. The molecule has 0 radical (unpaired) electrons. The van der Waals surface area contributed by atoms with Crippen LogP contribution in [0.5, 0.6) is 0 Å². The van der Waals surface area contributed by atoms with Gasteiger partial charge < -0.3 is 9.47 Å². The Bertz CT molecular complexity index is 978. The minimum atomic E-state index is 0.125. The first-order chi connectivity index (χ1) is 14.2. The van der Waals surface area contributed by atoms with Crippen molar-refractivity contribution in [2.45, 2.75) is 32.7 Å². The zero-order valence-corrected chi connectivity index (χ0v) is 17.3. The van der Waals surface area contributed by atoms with Crippen molar-refractivity contribution >= 4 is 16.7 Å². The molecule has 0 aliphatic carbocycles. The molecule has 29 heavy (non-hydrogen) atoms. The van der Waals surface area contributed by atoms with Gasteiger partial charge in [0.15, 0.2) is 5.78 Å². The minimum absolute atomic E-state index is 0.125. The quantitative estimate of drug-likeness (QED) is 0.404. The Hall–Kier alpha value is -2.65. The first kappa shape index (κ1) is 19.7. The van der Waals surface area contributed by atoms with Gasteiger partial charge in [-0.1, -0.05) is 54.6 Å². The predicted molar refractivity (Wildman–Crippen MR) is 120 cm³/mol. The number of fused-ring (bicyclic) bond motifs is 1. The Morgan fingerprint density at radius 3 is 2.52 bits per heavy atom. The molecule has 3 heteroatoms. The topological polar surface area (TPSA) is 25.2 Å². The van der Waals surface area contributed by atoms with Gasteiger partial charge in [0.1, 0.15) is 0 Å². The predicted octanol–water partition coefficient (Wildman–Crippen LogP) is 5.35. The highest BCUT2D eigenvalue weighted by atomic mass is 16.1. The van der Waals surface area contributed by atoms with Crippen LogP contribution < -0.4 is 0 Å². The molecule has 1 fully saturated rings. The number of aromatic nitrogens is 1. The highest BCUT2D eigenvalue weighted by Crippen LogP contribution is 2.23. The van der Waals surface area contributed by atoms with E-state index in [1.54, 1.807) is 0 Å². The maximum atomic E-state index is 12.8. The van der Waals surface area contributed by atoms with Crippen LogP contribution in [0.2, 0.25) is 0 Å². The van der Waals surface area contributed by atoms with Crippen molar-refractivity contribution in [2.75, 3.05) is 19.6 Å². The maximum absolute atomic E-state index is 12.8. The van der Waals surface area contributed by atoms with E-state index in [9.17, 15) is 4.79 Å². The first-order valence-corrected chi connectivity index (χ1v) is 10.8. The number of allylic oxidation sites excluding steroid dienone is 2. The van der Waals surface area contributed by atoms with Crippen molar-refractivity contribution in [3.8, 4) is 0 Å². The van der Waals surface area contributed by atoms with Crippen LogP contribution in [0.4, 0.5) is 0 Å². The Labute approximate surface area is 173 Å². The van der Waals surface area contributed by atoms with Gasteiger partial charge in [0, 0.05) is 35.8 Å². The number of aryl methyl sites for hydroxylation is 1. The van der Waals surface area contributed by atoms with Gasteiger partial charge in [-0.15, -0.1) is 0 Å². The van der Waals surface area contributed by atoms with Gasteiger partial charge in [-0.25, -0.2) is 0 Å². The average Bonchev–Trinajstić information content (AvgIpc) is 3.16. The Kier molecular flexibility index (Phi) is 6.26. The molecule has 1 aromatic heterocycles. The highest BCUT2D eigenvalue weighted by molar-refractivity contribution is 6.13. The SMILES string of the molecule is CCn1cc(C(=O)C=CC2CCN(CCc3ccccc3)CC2)c2ccccc21. The van der Waals surface area contributed by atoms with E-state index in [4.69, 9.17) is 0 Å². The molecule has 1 saturated heterocycles. The van der Waals surface area contributed by atoms with Gasteiger partial charge >= 0.3 is 0 Å². The summed E-state index contributed by atoms with van der Waals surface area (Å²) in [6.45, 7) is 6.34. The molecule has 0 bridgehead atoms. The summed E-state index contributed by atoms with van der Waals surface area (Å²) in [4.78, 5) is 15.4. The number of ketones is 1. The van der Waals surface area contributed by atoms with Crippen LogP contribution in [0.1, 0.15) is 35.7 Å². The summed E-state index contributed by atoms with van der Waals surface area (Å²) in [7, 11) is 0. The van der Waals surface area contributed by atoms with Gasteiger partial charge in [-0.05, 0) is 62.9 Å². The first-order valence-electron chi connectivity index (χ1n) is 10.8. The molecule has 0 atom stereocenters. The second kappa shape index (κ2) is 9.23. The second-order valence-electron chi connectivity index (χ2n) is 7.98. The lowest BCUT2D eigenvalue weighted by atomic mass is 9.95. The fourth-order valence-electron chi connectivity index (χ4n) is 4.32. The largest absolute Gasteiger partial charge is 0.347 e. The molecule has 1 aliphatic rings. The standard InChI is InChI=1S/C26H30N2O/c1-2-28-20-24(23-10-6-7-11-25(23)28)26(29)13-12-22-15-18-27(19-16-22)17-14-21-8-4-3-5-9-21/h3-13,20,22H,2,14-19H2,1H3. The Morgan fingerprint density at radius 2 is 1.76 bits per heavy atom. The third-order valence-corrected chi connectivity index (χ3v) is 6.11. The van der Waals surface area contributed by atoms with Crippen molar-refractivity contribution in [1.82, 2.24) is 9.47 Å². The molecule has 0 N–H and O–H groups in total. The van der Waals surface area contributed by atoms with Crippen LogP contribution in [0, 0.1) is 5.92 Å². The highest BCUT2D eigenvalue weighted by Gasteiger charge is 2.18. The molecule has 2 heterocycles. The summed E-state index contributed by atoms with van der Waals surface area (Å²) in [5, 5.41) is 1.06. The zero-order chi connectivity index (χ0) is 20.1. The van der Waals surface area contributed by atoms with Gasteiger partial charge in [-0.3, -0.25) is 4.79 Å². The van der Waals surface area contributed by atoms with Crippen molar-refractivity contribution in [1.29, 1.82) is 0 Å². The number of para-hydroxylation sites is 1. The normalized spacial score (nSPS) is 16.0. The maximum Gasteiger partial charge on any atom is 0.187 e. The van der Waals surface area contributed by atoms with Crippen molar-refractivity contribution in [3.63, 3.8) is 0 Å². The zero-order valence-electron chi connectivity index (χ0n) is 17.3. The van der Waals surface area contributed by atoms with Gasteiger partial charge in [0.25, 0.3) is 0 Å². The number of hydrogen-bond acceptors (Lipinski definition) is 2.